The Labute approximate surface area is 150 Å². The van der Waals surface area contributed by atoms with Crippen molar-refractivity contribution >= 4 is 22.9 Å². The van der Waals surface area contributed by atoms with Gasteiger partial charge in [0.1, 0.15) is 0 Å². The Bertz CT molecular complexity index is 1050. The van der Waals surface area contributed by atoms with Crippen molar-refractivity contribution in [2.45, 2.75) is 20.0 Å². The molecule has 0 saturated heterocycles. The maximum atomic E-state index is 12.5. The molecule has 2 aromatic heterocycles. The van der Waals surface area contributed by atoms with E-state index >= 15 is 0 Å². The molecule has 0 spiro atoms. The molecule has 4 rings (SSSR count). The number of para-hydroxylation sites is 2. The van der Waals surface area contributed by atoms with E-state index in [1.807, 2.05) is 66.1 Å². The number of benzene rings is 2. The second-order valence-electron chi connectivity index (χ2n) is 5.91. The summed E-state index contributed by atoms with van der Waals surface area (Å²) in [6.45, 7) is 3.28. The van der Waals surface area contributed by atoms with Gasteiger partial charge in [-0.2, -0.15) is 0 Å². The number of nitrogens with one attached hydrogen (secondary N) is 1. The summed E-state index contributed by atoms with van der Waals surface area (Å²) in [4.78, 5) is 17.0. The minimum atomic E-state index is -0.325. The number of anilines is 1. The van der Waals surface area contributed by atoms with E-state index in [4.69, 9.17) is 0 Å². The van der Waals surface area contributed by atoms with Crippen LogP contribution in [0.15, 0.2) is 60.8 Å². The van der Waals surface area contributed by atoms with Gasteiger partial charge in [-0.1, -0.05) is 47.7 Å². The highest BCUT2D eigenvalue weighted by molar-refractivity contribution is 6.02. The molecular weight excluding hydrogens is 328 g/mol. The van der Waals surface area contributed by atoms with Crippen LogP contribution in [0.4, 0.5) is 5.95 Å². The van der Waals surface area contributed by atoms with Crippen molar-refractivity contribution in [3.63, 3.8) is 0 Å². The molecule has 130 valence electrons. The van der Waals surface area contributed by atoms with Crippen molar-refractivity contribution in [1.82, 2.24) is 24.5 Å². The summed E-state index contributed by atoms with van der Waals surface area (Å²) in [6.07, 6.45) is 1.64. The van der Waals surface area contributed by atoms with Crippen LogP contribution in [0.3, 0.4) is 0 Å². The van der Waals surface area contributed by atoms with Crippen LogP contribution >= 0.6 is 0 Å². The number of carbonyl (C=O) groups is 1. The summed E-state index contributed by atoms with van der Waals surface area (Å²) < 4.78 is 3.61. The SMILES string of the molecule is CCn1c(NC(=O)c2cn(Cc3ccccc3)nn2)nc2ccccc21. The molecule has 0 aliphatic carbocycles. The van der Waals surface area contributed by atoms with Gasteiger partial charge in [0.25, 0.3) is 5.91 Å². The molecule has 2 aromatic carbocycles. The van der Waals surface area contributed by atoms with E-state index in [1.165, 1.54) is 0 Å². The van der Waals surface area contributed by atoms with Crippen molar-refractivity contribution in [2.24, 2.45) is 0 Å². The molecule has 0 bridgehead atoms. The van der Waals surface area contributed by atoms with Crippen LogP contribution in [0, 0.1) is 0 Å². The topological polar surface area (TPSA) is 77.6 Å². The van der Waals surface area contributed by atoms with Crippen LogP contribution in [0.1, 0.15) is 23.0 Å². The molecule has 0 radical (unpaired) electrons. The van der Waals surface area contributed by atoms with Gasteiger partial charge in [-0.05, 0) is 24.6 Å². The van der Waals surface area contributed by atoms with Crippen LogP contribution in [-0.4, -0.2) is 30.5 Å². The van der Waals surface area contributed by atoms with Crippen molar-refractivity contribution in [1.29, 1.82) is 0 Å². The third-order valence-electron chi connectivity index (χ3n) is 4.15. The first-order valence-electron chi connectivity index (χ1n) is 8.45. The van der Waals surface area contributed by atoms with Gasteiger partial charge in [0, 0.05) is 6.54 Å². The van der Waals surface area contributed by atoms with Gasteiger partial charge in [-0.25, -0.2) is 9.67 Å². The number of nitrogens with zero attached hydrogens (tertiary/aromatic N) is 5. The van der Waals surface area contributed by atoms with Gasteiger partial charge >= 0.3 is 0 Å². The number of imidazole rings is 1. The Morgan fingerprint density at radius 2 is 1.85 bits per heavy atom. The Morgan fingerprint density at radius 3 is 2.65 bits per heavy atom. The molecule has 0 aliphatic rings. The third kappa shape index (κ3) is 3.06. The average molecular weight is 346 g/mol. The van der Waals surface area contributed by atoms with E-state index in [9.17, 15) is 4.79 Å². The molecule has 1 N–H and O–H groups in total. The highest BCUT2D eigenvalue weighted by Gasteiger charge is 2.16. The second-order valence-corrected chi connectivity index (χ2v) is 5.91. The maximum absolute atomic E-state index is 12.5. The number of carbonyl (C=O) groups excluding carboxylic acids is 1. The minimum absolute atomic E-state index is 0.260. The Balaban J connectivity index is 1.54. The largest absolute Gasteiger partial charge is 0.310 e. The Hall–Kier alpha value is -3.48. The number of amides is 1. The van der Waals surface area contributed by atoms with Crippen molar-refractivity contribution in [2.75, 3.05) is 5.32 Å². The highest BCUT2D eigenvalue weighted by Crippen LogP contribution is 2.19. The Morgan fingerprint density at radius 1 is 1.08 bits per heavy atom. The van der Waals surface area contributed by atoms with Crippen LogP contribution in [0.2, 0.25) is 0 Å². The fourth-order valence-electron chi connectivity index (χ4n) is 2.91. The van der Waals surface area contributed by atoms with Gasteiger partial charge in [-0.3, -0.25) is 10.1 Å². The molecule has 0 unspecified atom stereocenters. The van der Waals surface area contributed by atoms with E-state index < -0.39 is 0 Å². The normalized spacial score (nSPS) is 11.0. The van der Waals surface area contributed by atoms with Crippen molar-refractivity contribution in [3.05, 3.63) is 72.1 Å². The number of aromatic nitrogens is 5. The highest BCUT2D eigenvalue weighted by atomic mass is 16.2. The quantitative estimate of drug-likeness (QED) is 0.603. The summed E-state index contributed by atoms with van der Waals surface area (Å²) in [5.41, 5.74) is 3.18. The summed E-state index contributed by atoms with van der Waals surface area (Å²) in [6, 6.07) is 17.7. The predicted octanol–water partition coefficient (Wildman–Crippen LogP) is 2.95. The van der Waals surface area contributed by atoms with Crippen LogP contribution in [0.25, 0.3) is 11.0 Å². The van der Waals surface area contributed by atoms with E-state index in [1.54, 1.807) is 10.9 Å². The van der Waals surface area contributed by atoms with Gasteiger partial charge in [0.2, 0.25) is 5.95 Å². The predicted molar refractivity (Wildman–Crippen MR) is 98.9 cm³/mol. The monoisotopic (exact) mass is 346 g/mol. The van der Waals surface area contributed by atoms with E-state index in [0.717, 1.165) is 16.6 Å². The van der Waals surface area contributed by atoms with Crippen LogP contribution in [-0.2, 0) is 13.1 Å². The van der Waals surface area contributed by atoms with Crippen molar-refractivity contribution < 1.29 is 4.79 Å². The first kappa shape index (κ1) is 16.0. The number of fused-ring (bicyclic) bond motifs is 1. The maximum Gasteiger partial charge on any atom is 0.280 e. The molecule has 4 aromatic rings. The molecule has 0 saturated carbocycles. The van der Waals surface area contributed by atoms with E-state index in [2.05, 4.69) is 20.6 Å². The average Bonchev–Trinajstić information content (AvgIpc) is 3.26. The molecule has 7 nitrogen and oxygen atoms in total. The summed E-state index contributed by atoms with van der Waals surface area (Å²) in [5.74, 6) is 0.186. The van der Waals surface area contributed by atoms with Crippen molar-refractivity contribution in [3.8, 4) is 0 Å². The molecule has 0 atom stereocenters. The van der Waals surface area contributed by atoms with E-state index in [0.29, 0.717) is 19.0 Å². The van der Waals surface area contributed by atoms with Crippen LogP contribution in [0.5, 0.6) is 0 Å². The van der Waals surface area contributed by atoms with Gasteiger partial charge in [-0.15, -0.1) is 5.10 Å². The lowest BCUT2D eigenvalue weighted by atomic mass is 10.2. The smallest absolute Gasteiger partial charge is 0.280 e. The standard InChI is InChI=1S/C19H18N6O/c1-2-25-17-11-7-6-10-15(17)20-19(25)21-18(26)16-13-24(23-22-16)12-14-8-4-3-5-9-14/h3-11,13H,2,12H2,1H3,(H,20,21,26). The zero-order valence-electron chi connectivity index (χ0n) is 14.3. The first-order valence-corrected chi connectivity index (χ1v) is 8.45. The zero-order chi connectivity index (χ0) is 17.9. The lowest BCUT2D eigenvalue weighted by Crippen LogP contribution is -2.16. The lowest BCUT2D eigenvalue weighted by molar-refractivity contribution is 0.102. The Kier molecular flexibility index (Phi) is 4.18. The number of hydrogen-bond donors (Lipinski definition) is 1. The summed E-state index contributed by atoms with van der Waals surface area (Å²) in [5, 5.41) is 10.9. The number of aryl methyl sites for hydroxylation is 1. The molecule has 0 aliphatic heterocycles. The van der Waals surface area contributed by atoms with E-state index in [-0.39, 0.29) is 11.6 Å². The summed E-state index contributed by atoms with van der Waals surface area (Å²) in [7, 11) is 0. The summed E-state index contributed by atoms with van der Waals surface area (Å²) >= 11 is 0. The van der Waals surface area contributed by atoms with Crippen LogP contribution < -0.4 is 5.32 Å². The number of hydrogen-bond acceptors (Lipinski definition) is 4. The third-order valence-corrected chi connectivity index (χ3v) is 4.15. The molecule has 2 heterocycles. The minimum Gasteiger partial charge on any atom is -0.310 e. The fraction of sp³-hybridized carbons (Fsp3) is 0.158. The lowest BCUT2D eigenvalue weighted by Gasteiger charge is -2.06. The van der Waals surface area contributed by atoms with Gasteiger partial charge < -0.3 is 4.57 Å². The molecule has 26 heavy (non-hydrogen) atoms. The van der Waals surface area contributed by atoms with Gasteiger partial charge in [0.15, 0.2) is 5.69 Å². The number of rotatable bonds is 5. The molecule has 7 heteroatoms. The molecule has 1 amide bonds. The zero-order valence-corrected chi connectivity index (χ0v) is 14.3. The second kappa shape index (κ2) is 6.79. The van der Waals surface area contributed by atoms with Gasteiger partial charge in [0.05, 0.1) is 23.8 Å². The fourth-order valence-corrected chi connectivity index (χ4v) is 2.91. The first-order chi connectivity index (χ1) is 12.7. The molecular formula is C19H18N6O. The molecule has 0 fully saturated rings.